The molecule has 0 bridgehead atoms. The molecule has 2 nitrogen and oxygen atoms in total. The van der Waals surface area contributed by atoms with E-state index in [2.05, 4.69) is 19.1 Å². The second-order valence-electron chi connectivity index (χ2n) is 3.66. The number of hydrogen-bond acceptors (Lipinski definition) is 2. The summed E-state index contributed by atoms with van der Waals surface area (Å²) in [6.07, 6.45) is 0.777. The Labute approximate surface area is 85.5 Å². The van der Waals surface area contributed by atoms with Crippen molar-refractivity contribution in [2.24, 2.45) is 0 Å². The van der Waals surface area contributed by atoms with Gasteiger partial charge in [0.2, 0.25) is 0 Å². The van der Waals surface area contributed by atoms with E-state index in [4.69, 9.17) is 9.84 Å². The first-order valence-electron chi connectivity index (χ1n) is 4.94. The molecule has 1 aromatic rings. The van der Waals surface area contributed by atoms with E-state index >= 15 is 0 Å². The molecule has 1 unspecified atom stereocenters. The lowest BCUT2D eigenvalue weighted by Crippen LogP contribution is -2.00. The molecule has 1 rings (SSSR count). The topological polar surface area (TPSA) is 29.5 Å². The van der Waals surface area contributed by atoms with E-state index in [0.29, 0.717) is 5.92 Å². The smallest absolute Gasteiger partial charge is 0.122 e. The van der Waals surface area contributed by atoms with E-state index < -0.39 is 0 Å². The van der Waals surface area contributed by atoms with Crippen molar-refractivity contribution in [3.63, 3.8) is 0 Å². The van der Waals surface area contributed by atoms with Crippen molar-refractivity contribution in [2.75, 3.05) is 13.7 Å². The van der Waals surface area contributed by atoms with Gasteiger partial charge in [0.25, 0.3) is 0 Å². The zero-order chi connectivity index (χ0) is 10.6. The largest absolute Gasteiger partial charge is 0.496 e. The first kappa shape index (κ1) is 11.1. The van der Waals surface area contributed by atoms with Crippen LogP contribution in [-0.2, 0) is 0 Å². The summed E-state index contributed by atoms with van der Waals surface area (Å²) in [5.74, 6) is 1.27. The lowest BCUT2D eigenvalue weighted by molar-refractivity contribution is 0.277. The van der Waals surface area contributed by atoms with Crippen molar-refractivity contribution in [3.8, 4) is 5.75 Å². The van der Waals surface area contributed by atoms with E-state index in [0.717, 1.165) is 12.2 Å². The normalized spacial score (nSPS) is 12.6. The molecule has 0 amide bonds. The average Bonchev–Trinajstić information content (AvgIpc) is 2.17. The molecule has 0 saturated carbocycles. The average molecular weight is 194 g/mol. The molecule has 14 heavy (non-hydrogen) atoms. The minimum Gasteiger partial charge on any atom is -0.496 e. The molecule has 78 valence electrons. The maximum atomic E-state index is 8.88. The maximum Gasteiger partial charge on any atom is 0.122 e. The van der Waals surface area contributed by atoms with Crippen LogP contribution in [0, 0.1) is 6.92 Å². The van der Waals surface area contributed by atoms with E-state index in [9.17, 15) is 0 Å². The van der Waals surface area contributed by atoms with E-state index in [1.807, 2.05) is 13.0 Å². The van der Waals surface area contributed by atoms with Gasteiger partial charge >= 0.3 is 0 Å². The monoisotopic (exact) mass is 194 g/mol. The second kappa shape index (κ2) is 5.01. The van der Waals surface area contributed by atoms with Crippen molar-refractivity contribution in [1.82, 2.24) is 0 Å². The van der Waals surface area contributed by atoms with Gasteiger partial charge in [-0.05, 0) is 36.5 Å². The number of methoxy groups -OCH3 is 1. The number of aryl methyl sites for hydroxylation is 1. The molecule has 0 aliphatic carbocycles. The van der Waals surface area contributed by atoms with Crippen molar-refractivity contribution in [2.45, 2.75) is 26.2 Å². The fourth-order valence-corrected chi connectivity index (χ4v) is 1.57. The molecule has 0 aliphatic rings. The molecule has 1 aromatic carbocycles. The van der Waals surface area contributed by atoms with Gasteiger partial charge in [-0.15, -0.1) is 0 Å². The highest BCUT2D eigenvalue weighted by Crippen LogP contribution is 2.29. The summed E-state index contributed by atoms with van der Waals surface area (Å²) in [7, 11) is 1.68. The molecular weight excluding hydrogens is 176 g/mol. The first-order valence-corrected chi connectivity index (χ1v) is 4.94. The van der Waals surface area contributed by atoms with Gasteiger partial charge in [0.1, 0.15) is 5.75 Å². The lowest BCUT2D eigenvalue weighted by atomic mass is 9.96. The first-order chi connectivity index (χ1) is 6.69. The molecule has 0 aliphatic heterocycles. The molecule has 0 fully saturated rings. The highest BCUT2D eigenvalue weighted by molar-refractivity contribution is 5.39. The maximum absolute atomic E-state index is 8.88. The molecule has 0 aromatic heterocycles. The molecule has 0 spiro atoms. The second-order valence-corrected chi connectivity index (χ2v) is 3.66. The number of benzene rings is 1. The van der Waals surface area contributed by atoms with E-state index in [1.54, 1.807) is 7.11 Å². The third kappa shape index (κ3) is 2.48. The number of aliphatic hydroxyl groups is 1. The Bertz CT molecular complexity index is 294. The summed E-state index contributed by atoms with van der Waals surface area (Å²) in [6.45, 7) is 4.37. The minimum atomic E-state index is 0.220. The molecular formula is C12H18O2. The zero-order valence-electron chi connectivity index (χ0n) is 9.08. The van der Waals surface area contributed by atoms with Crippen LogP contribution in [0.5, 0.6) is 5.75 Å². The quantitative estimate of drug-likeness (QED) is 0.798. The molecule has 0 saturated heterocycles. The molecule has 2 heteroatoms. The van der Waals surface area contributed by atoms with Gasteiger partial charge in [-0.3, -0.25) is 0 Å². The van der Waals surface area contributed by atoms with Gasteiger partial charge in [-0.25, -0.2) is 0 Å². The van der Waals surface area contributed by atoms with Crippen LogP contribution in [0.15, 0.2) is 18.2 Å². The molecule has 1 N–H and O–H groups in total. The van der Waals surface area contributed by atoms with Crippen LogP contribution >= 0.6 is 0 Å². The summed E-state index contributed by atoms with van der Waals surface area (Å²) in [6, 6.07) is 6.18. The Kier molecular flexibility index (Phi) is 3.96. The van der Waals surface area contributed by atoms with Gasteiger partial charge in [0, 0.05) is 6.61 Å². The van der Waals surface area contributed by atoms with Crippen LogP contribution in [0.2, 0.25) is 0 Å². The summed E-state index contributed by atoms with van der Waals surface area (Å²) >= 11 is 0. The van der Waals surface area contributed by atoms with Crippen molar-refractivity contribution >= 4 is 0 Å². The predicted octanol–water partition coefficient (Wildman–Crippen LogP) is 2.49. The summed E-state index contributed by atoms with van der Waals surface area (Å²) in [5.41, 5.74) is 2.37. The number of aliphatic hydroxyl groups excluding tert-OH is 1. The molecule has 1 atom stereocenters. The van der Waals surface area contributed by atoms with Crippen molar-refractivity contribution < 1.29 is 9.84 Å². The Hall–Kier alpha value is -1.02. The van der Waals surface area contributed by atoms with E-state index in [1.165, 1.54) is 11.1 Å². The van der Waals surface area contributed by atoms with Gasteiger partial charge < -0.3 is 9.84 Å². The van der Waals surface area contributed by atoms with Crippen LogP contribution in [0.4, 0.5) is 0 Å². The Balaban J connectivity index is 2.95. The van der Waals surface area contributed by atoms with Crippen molar-refractivity contribution in [3.05, 3.63) is 29.3 Å². The van der Waals surface area contributed by atoms with Crippen LogP contribution in [0.3, 0.4) is 0 Å². The van der Waals surface area contributed by atoms with Gasteiger partial charge in [0.15, 0.2) is 0 Å². The zero-order valence-corrected chi connectivity index (χ0v) is 9.08. The van der Waals surface area contributed by atoms with Gasteiger partial charge in [-0.2, -0.15) is 0 Å². The third-order valence-corrected chi connectivity index (χ3v) is 2.48. The SMILES string of the molecule is COc1cc(C)ccc1C(C)CCO. The van der Waals surface area contributed by atoms with E-state index in [-0.39, 0.29) is 6.61 Å². The van der Waals surface area contributed by atoms with Gasteiger partial charge in [-0.1, -0.05) is 19.1 Å². The Morgan fingerprint density at radius 1 is 1.43 bits per heavy atom. The molecule has 0 radical (unpaired) electrons. The minimum absolute atomic E-state index is 0.220. The highest BCUT2D eigenvalue weighted by Gasteiger charge is 2.10. The fraction of sp³-hybridized carbons (Fsp3) is 0.500. The van der Waals surface area contributed by atoms with Crippen LogP contribution in [0.1, 0.15) is 30.4 Å². The van der Waals surface area contributed by atoms with Crippen LogP contribution < -0.4 is 4.74 Å². The van der Waals surface area contributed by atoms with Gasteiger partial charge in [0.05, 0.1) is 7.11 Å². The molecule has 0 heterocycles. The Morgan fingerprint density at radius 3 is 2.71 bits per heavy atom. The Morgan fingerprint density at radius 2 is 2.14 bits per heavy atom. The van der Waals surface area contributed by atoms with Crippen molar-refractivity contribution in [1.29, 1.82) is 0 Å². The number of rotatable bonds is 4. The summed E-state index contributed by atoms with van der Waals surface area (Å²) in [5, 5.41) is 8.88. The highest BCUT2D eigenvalue weighted by atomic mass is 16.5. The van der Waals surface area contributed by atoms with Crippen LogP contribution in [-0.4, -0.2) is 18.8 Å². The van der Waals surface area contributed by atoms with Crippen LogP contribution in [0.25, 0.3) is 0 Å². The lowest BCUT2D eigenvalue weighted by Gasteiger charge is -2.15. The standard InChI is InChI=1S/C12H18O2/c1-9-4-5-11(10(2)6-7-13)12(8-9)14-3/h4-5,8,10,13H,6-7H2,1-3H3. The fourth-order valence-electron chi connectivity index (χ4n) is 1.57. The summed E-state index contributed by atoms with van der Waals surface area (Å²) < 4.78 is 5.31. The number of hydrogen-bond donors (Lipinski definition) is 1. The predicted molar refractivity (Wildman–Crippen MR) is 57.8 cm³/mol. The summed E-state index contributed by atoms with van der Waals surface area (Å²) in [4.78, 5) is 0. The number of ether oxygens (including phenoxy) is 1. The third-order valence-electron chi connectivity index (χ3n) is 2.48.